The number of carbonyl (C=O) groups excluding carboxylic acids is 4. The van der Waals surface area contributed by atoms with Crippen LogP contribution in [0.5, 0.6) is 11.5 Å². The van der Waals surface area contributed by atoms with E-state index in [1.54, 1.807) is 20.3 Å². The molecule has 0 atom stereocenters. The van der Waals surface area contributed by atoms with Gasteiger partial charge in [-0.15, -0.1) is 0 Å². The zero-order chi connectivity index (χ0) is 54.2. The summed E-state index contributed by atoms with van der Waals surface area (Å²) in [6.07, 6.45) is 0. The van der Waals surface area contributed by atoms with Crippen LogP contribution in [0.15, 0.2) is 42.5 Å². The first-order valence-electron chi connectivity index (χ1n) is 26.1. The molecule has 2 saturated heterocycles. The van der Waals surface area contributed by atoms with Crippen LogP contribution in [0.4, 0.5) is 17.1 Å². The Kier molecular flexibility index (Phi) is 26.1. The average molecular weight is 1040 g/mol. The Labute approximate surface area is 441 Å². The molecule has 0 saturated carbocycles. The smallest absolute Gasteiger partial charge is 0.320 e. The van der Waals surface area contributed by atoms with Crippen molar-refractivity contribution in [3.8, 4) is 11.5 Å². The van der Waals surface area contributed by atoms with E-state index in [0.717, 1.165) is 17.1 Å². The van der Waals surface area contributed by atoms with Crippen molar-refractivity contribution in [2.45, 2.75) is 79.1 Å². The number of amides is 1. The molecular weight excluding hydrogens is 955 g/mol. The van der Waals surface area contributed by atoms with E-state index < -0.39 is 16.8 Å². The molecule has 0 bridgehead atoms. The van der Waals surface area contributed by atoms with Crippen LogP contribution in [-0.4, -0.2) is 232 Å². The van der Waals surface area contributed by atoms with Gasteiger partial charge in [-0.25, -0.2) is 0 Å². The van der Waals surface area contributed by atoms with Gasteiger partial charge in [0.15, 0.2) is 0 Å². The van der Waals surface area contributed by atoms with E-state index in [4.69, 9.17) is 42.6 Å². The molecule has 2 aromatic rings. The molecule has 0 radical (unpaired) electrons. The number of hydrogen-bond acceptors (Lipinski definition) is 19. The van der Waals surface area contributed by atoms with Crippen LogP contribution in [-0.2, 0) is 52.3 Å². The van der Waals surface area contributed by atoms with Gasteiger partial charge < -0.3 is 57.7 Å². The molecule has 0 spiro atoms. The molecule has 2 aromatic carbocycles. The number of rotatable bonds is 13. The summed E-state index contributed by atoms with van der Waals surface area (Å²) in [5, 5.41) is 3.07. The van der Waals surface area contributed by atoms with Crippen molar-refractivity contribution < 1.29 is 61.8 Å². The van der Waals surface area contributed by atoms with Crippen molar-refractivity contribution in [3.63, 3.8) is 0 Å². The minimum atomic E-state index is -0.671. The SMILES string of the molecule is COc1ccccc1N1CCOCCOCCN(c2ccc(NC(=O)CN3CCN(CC(=O)OC(C)(C)C)CCN(CC(=O)OC(C)(C)C)CCN(CC(=O)OC(C)(C)C)CC3)cc2OC)CCOCCOCC1. The van der Waals surface area contributed by atoms with Crippen molar-refractivity contribution in [3.05, 3.63) is 42.5 Å². The first kappa shape index (κ1) is 61.7. The Morgan fingerprint density at radius 1 is 0.446 bits per heavy atom. The highest BCUT2D eigenvalue weighted by atomic mass is 16.6. The van der Waals surface area contributed by atoms with Crippen molar-refractivity contribution in [2.24, 2.45) is 0 Å². The van der Waals surface area contributed by atoms with Crippen LogP contribution in [0.3, 0.4) is 0 Å². The number of methoxy groups -OCH3 is 2. The number of nitrogens with one attached hydrogen (secondary N) is 1. The van der Waals surface area contributed by atoms with Gasteiger partial charge >= 0.3 is 17.9 Å². The quantitative estimate of drug-likeness (QED) is 0.222. The normalized spacial score (nSPS) is 18.4. The van der Waals surface area contributed by atoms with Gasteiger partial charge in [0.25, 0.3) is 0 Å². The predicted octanol–water partition coefficient (Wildman–Crippen LogP) is 4.28. The molecule has 4 rings (SSSR count). The molecule has 0 unspecified atom stereocenters. The zero-order valence-corrected chi connectivity index (χ0v) is 46.5. The molecular formula is C54H89N7O13. The lowest BCUT2D eigenvalue weighted by Crippen LogP contribution is -2.50. The van der Waals surface area contributed by atoms with Crippen molar-refractivity contribution >= 4 is 40.9 Å². The number of nitrogens with zero attached hydrogens (tertiary/aromatic N) is 6. The Hall–Kier alpha value is -4.80. The summed E-state index contributed by atoms with van der Waals surface area (Å²) < 4.78 is 52.6. The average Bonchev–Trinajstić information content (AvgIpc) is 3.30. The van der Waals surface area contributed by atoms with Crippen LogP contribution in [0.1, 0.15) is 62.3 Å². The Morgan fingerprint density at radius 3 is 1.14 bits per heavy atom. The fourth-order valence-corrected chi connectivity index (χ4v) is 8.24. The van der Waals surface area contributed by atoms with Crippen molar-refractivity contribution in [1.29, 1.82) is 0 Å². The van der Waals surface area contributed by atoms with Gasteiger partial charge in [0.05, 0.1) is 105 Å². The van der Waals surface area contributed by atoms with Crippen molar-refractivity contribution in [1.82, 2.24) is 19.6 Å². The minimum Gasteiger partial charge on any atom is -0.495 e. The van der Waals surface area contributed by atoms with Gasteiger partial charge in [-0.3, -0.25) is 38.8 Å². The van der Waals surface area contributed by atoms with E-state index in [0.29, 0.717) is 143 Å². The Balaban J connectivity index is 1.45. The number of para-hydroxylation sites is 2. The summed E-state index contributed by atoms with van der Waals surface area (Å²) in [5.41, 5.74) is 0.359. The minimum absolute atomic E-state index is 0.0255. The fraction of sp³-hybridized carbons (Fsp3) is 0.704. The van der Waals surface area contributed by atoms with E-state index in [1.165, 1.54) is 0 Å². The number of carbonyl (C=O) groups is 4. The standard InChI is InChI=1S/C54H89N7O13/c1-52(2,3)72-49(63)40-57-20-18-56(19-21-58(41-50(64)73-53(4,5)6)23-25-59(24-22-57)42-51(65)74-54(7,8)9)39-48(62)55-43-16-17-45(47(38-43)67-11)61-28-32-70-36-34-68-30-26-60(27-31-69-35-37-71-33-29-61)44-14-12-13-15-46(44)66-10/h12-17,38H,18-37,39-42H2,1-11H3,(H,55,62). The first-order valence-corrected chi connectivity index (χ1v) is 26.1. The lowest BCUT2D eigenvalue weighted by atomic mass is 10.2. The Morgan fingerprint density at radius 2 is 0.784 bits per heavy atom. The monoisotopic (exact) mass is 1040 g/mol. The molecule has 2 heterocycles. The van der Waals surface area contributed by atoms with Gasteiger partial charge in [-0.05, 0) is 86.6 Å². The molecule has 1 N–H and O–H groups in total. The summed E-state index contributed by atoms with van der Waals surface area (Å²) in [6.45, 7) is 26.1. The maximum absolute atomic E-state index is 14.0. The van der Waals surface area contributed by atoms with E-state index in [9.17, 15) is 19.2 Å². The highest BCUT2D eigenvalue weighted by Crippen LogP contribution is 2.32. The number of benzene rings is 2. The second-order valence-electron chi connectivity index (χ2n) is 21.4. The second-order valence-corrected chi connectivity index (χ2v) is 21.4. The molecule has 0 aliphatic carbocycles. The van der Waals surface area contributed by atoms with Gasteiger partial charge in [0.2, 0.25) is 5.91 Å². The maximum Gasteiger partial charge on any atom is 0.320 e. The molecule has 74 heavy (non-hydrogen) atoms. The van der Waals surface area contributed by atoms with Crippen LogP contribution in [0, 0.1) is 0 Å². The van der Waals surface area contributed by atoms with Crippen LogP contribution in [0.25, 0.3) is 0 Å². The van der Waals surface area contributed by atoms with Crippen LogP contribution < -0.4 is 24.6 Å². The number of anilines is 3. The molecule has 2 aliphatic heterocycles. The van der Waals surface area contributed by atoms with Crippen LogP contribution in [0.2, 0.25) is 0 Å². The van der Waals surface area contributed by atoms with E-state index in [-0.39, 0.29) is 50.0 Å². The van der Waals surface area contributed by atoms with E-state index in [2.05, 4.69) is 15.1 Å². The first-order chi connectivity index (χ1) is 35.1. The van der Waals surface area contributed by atoms with Gasteiger partial charge in [0.1, 0.15) is 28.3 Å². The zero-order valence-electron chi connectivity index (χ0n) is 46.5. The van der Waals surface area contributed by atoms with Gasteiger partial charge in [0, 0.05) is 90.3 Å². The number of hydrogen-bond donors (Lipinski definition) is 1. The molecule has 0 aromatic heterocycles. The maximum atomic E-state index is 14.0. The molecule has 1 amide bonds. The van der Waals surface area contributed by atoms with Crippen molar-refractivity contribution in [2.75, 3.05) is 187 Å². The molecule has 418 valence electrons. The largest absolute Gasteiger partial charge is 0.495 e. The van der Waals surface area contributed by atoms with E-state index in [1.807, 2.05) is 118 Å². The highest BCUT2D eigenvalue weighted by molar-refractivity contribution is 5.93. The number of ether oxygens (including phenoxy) is 9. The summed E-state index contributed by atoms with van der Waals surface area (Å²) in [4.78, 5) is 65.8. The van der Waals surface area contributed by atoms with Gasteiger partial charge in [-0.2, -0.15) is 0 Å². The summed E-state index contributed by atoms with van der Waals surface area (Å²) >= 11 is 0. The molecule has 2 fully saturated rings. The molecule has 20 nitrogen and oxygen atoms in total. The van der Waals surface area contributed by atoms with Gasteiger partial charge in [-0.1, -0.05) is 12.1 Å². The van der Waals surface area contributed by atoms with Crippen LogP contribution >= 0.6 is 0 Å². The third kappa shape index (κ3) is 25.2. The van der Waals surface area contributed by atoms with E-state index >= 15 is 0 Å². The number of esters is 3. The predicted molar refractivity (Wildman–Crippen MR) is 286 cm³/mol. The lowest BCUT2D eigenvalue weighted by molar-refractivity contribution is -0.158. The third-order valence-corrected chi connectivity index (χ3v) is 11.6. The topological polar surface area (TPSA) is 183 Å². The second kappa shape index (κ2) is 31.3. The Bertz CT molecular complexity index is 1940. The third-order valence-electron chi connectivity index (χ3n) is 11.6. The summed E-state index contributed by atoms with van der Waals surface area (Å²) in [6, 6.07) is 13.5. The molecule has 2 aliphatic rings. The summed E-state index contributed by atoms with van der Waals surface area (Å²) in [5.74, 6) is 0.0163. The lowest BCUT2D eigenvalue weighted by Gasteiger charge is -2.34. The fourth-order valence-electron chi connectivity index (χ4n) is 8.24. The molecule has 20 heteroatoms. The highest BCUT2D eigenvalue weighted by Gasteiger charge is 2.27. The summed E-state index contributed by atoms with van der Waals surface area (Å²) in [7, 11) is 3.27.